The van der Waals surface area contributed by atoms with Crippen molar-refractivity contribution in [2.24, 2.45) is 10.7 Å². The Morgan fingerprint density at radius 3 is 2.64 bits per heavy atom. The molecular formula is C20H25IN6O. The highest BCUT2D eigenvalue weighted by Crippen LogP contribution is 2.15. The van der Waals surface area contributed by atoms with Crippen molar-refractivity contribution in [3.8, 4) is 5.82 Å². The largest absolute Gasteiger partial charge is 0.380 e. The Morgan fingerprint density at radius 1 is 1.21 bits per heavy atom. The minimum absolute atomic E-state index is 0. The zero-order valence-electron chi connectivity index (χ0n) is 16.2. The second-order valence-corrected chi connectivity index (χ2v) is 6.28. The number of halogens is 1. The van der Waals surface area contributed by atoms with E-state index in [0.717, 1.165) is 34.0 Å². The van der Waals surface area contributed by atoms with Gasteiger partial charge in [0.2, 0.25) is 0 Å². The molecule has 0 saturated heterocycles. The number of rotatable bonds is 6. The highest BCUT2D eigenvalue weighted by atomic mass is 127. The van der Waals surface area contributed by atoms with Crippen molar-refractivity contribution in [1.82, 2.24) is 14.8 Å². The second-order valence-electron chi connectivity index (χ2n) is 6.28. The molecule has 0 aliphatic carbocycles. The summed E-state index contributed by atoms with van der Waals surface area (Å²) in [5, 5.41) is 7.57. The van der Waals surface area contributed by atoms with Crippen molar-refractivity contribution >= 4 is 35.6 Å². The predicted octanol–water partition coefficient (Wildman–Crippen LogP) is 3.58. The van der Waals surface area contributed by atoms with Crippen LogP contribution in [0.15, 0.2) is 53.7 Å². The van der Waals surface area contributed by atoms with Gasteiger partial charge in [0.05, 0.1) is 18.8 Å². The Balaban J connectivity index is 0.00000280. The molecule has 0 spiro atoms. The summed E-state index contributed by atoms with van der Waals surface area (Å²) in [6.07, 6.45) is 1.79. The van der Waals surface area contributed by atoms with Crippen molar-refractivity contribution in [3.63, 3.8) is 0 Å². The Kier molecular flexibility index (Phi) is 7.94. The number of ether oxygens (including phenoxy) is 1. The minimum atomic E-state index is 0. The van der Waals surface area contributed by atoms with Crippen LogP contribution in [0.5, 0.6) is 0 Å². The van der Waals surface area contributed by atoms with Crippen LogP contribution in [0.3, 0.4) is 0 Å². The lowest BCUT2D eigenvalue weighted by atomic mass is 10.2. The van der Waals surface area contributed by atoms with Crippen molar-refractivity contribution in [3.05, 3.63) is 71.2 Å². The van der Waals surface area contributed by atoms with Gasteiger partial charge in [0, 0.05) is 30.3 Å². The summed E-state index contributed by atoms with van der Waals surface area (Å²) in [5.41, 5.74) is 10.9. The number of hydrogen-bond donors (Lipinski definition) is 2. The number of aromatic nitrogens is 3. The first-order valence-electron chi connectivity index (χ1n) is 8.69. The maximum atomic E-state index is 6.03. The van der Waals surface area contributed by atoms with Gasteiger partial charge in [-0.2, -0.15) is 5.10 Å². The van der Waals surface area contributed by atoms with Crippen LogP contribution >= 0.6 is 24.0 Å². The van der Waals surface area contributed by atoms with Crippen molar-refractivity contribution in [1.29, 1.82) is 0 Å². The Morgan fingerprint density at radius 2 is 2.00 bits per heavy atom. The molecule has 3 rings (SSSR count). The molecule has 0 unspecified atom stereocenters. The Labute approximate surface area is 182 Å². The number of nitrogens with one attached hydrogen (secondary N) is 1. The molecule has 2 heterocycles. The average molecular weight is 492 g/mol. The molecule has 7 nitrogen and oxygen atoms in total. The molecule has 8 heteroatoms. The molecule has 0 amide bonds. The van der Waals surface area contributed by atoms with Gasteiger partial charge in [0.1, 0.15) is 0 Å². The van der Waals surface area contributed by atoms with E-state index in [1.54, 1.807) is 13.3 Å². The second kappa shape index (κ2) is 10.2. The molecule has 28 heavy (non-hydrogen) atoms. The zero-order valence-corrected chi connectivity index (χ0v) is 18.5. The average Bonchev–Trinajstić information content (AvgIpc) is 3.00. The van der Waals surface area contributed by atoms with E-state index < -0.39 is 0 Å². The number of methoxy groups -OCH3 is 1. The number of pyridine rings is 1. The number of aliphatic imine (C=N–C) groups is 1. The smallest absolute Gasteiger partial charge is 0.193 e. The molecule has 148 valence electrons. The van der Waals surface area contributed by atoms with Gasteiger partial charge in [0.15, 0.2) is 11.8 Å². The fourth-order valence-corrected chi connectivity index (χ4v) is 2.77. The Bertz CT molecular complexity index is 936. The number of para-hydroxylation sites is 1. The fraction of sp³-hybridized carbons (Fsp3) is 0.250. The summed E-state index contributed by atoms with van der Waals surface area (Å²) < 4.78 is 7.03. The quantitative estimate of drug-likeness (QED) is 0.312. The van der Waals surface area contributed by atoms with Gasteiger partial charge in [-0.1, -0.05) is 24.3 Å². The first kappa shape index (κ1) is 21.8. The lowest BCUT2D eigenvalue weighted by molar-refractivity contribution is 0.185. The van der Waals surface area contributed by atoms with Gasteiger partial charge in [-0.15, -0.1) is 24.0 Å². The standard InChI is InChI=1S/C20H24N6O.HI/c1-14-10-15(2)26(25-14)19-9-8-16(11-22-19)12-23-20(21)24-18-7-5-4-6-17(18)13-27-3;/h4-11H,12-13H2,1-3H3,(H3,21,23,24);1H. The van der Waals surface area contributed by atoms with Gasteiger partial charge < -0.3 is 15.8 Å². The molecule has 0 saturated carbocycles. The van der Waals surface area contributed by atoms with Crippen LogP contribution in [-0.2, 0) is 17.9 Å². The van der Waals surface area contributed by atoms with E-state index in [1.807, 2.05) is 61.0 Å². The van der Waals surface area contributed by atoms with E-state index in [0.29, 0.717) is 19.1 Å². The number of anilines is 1. The van der Waals surface area contributed by atoms with E-state index in [9.17, 15) is 0 Å². The van der Waals surface area contributed by atoms with E-state index in [-0.39, 0.29) is 24.0 Å². The number of nitrogens with two attached hydrogens (primary N) is 1. The topological polar surface area (TPSA) is 90.3 Å². The molecule has 0 atom stereocenters. The van der Waals surface area contributed by atoms with Gasteiger partial charge in [-0.25, -0.2) is 14.7 Å². The first-order valence-corrected chi connectivity index (χ1v) is 8.69. The predicted molar refractivity (Wildman–Crippen MR) is 122 cm³/mol. The van der Waals surface area contributed by atoms with Crippen LogP contribution < -0.4 is 11.1 Å². The first-order chi connectivity index (χ1) is 13.1. The van der Waals surface area contributed by atoms with Crippen LogP contribution in [-0.4, -0.2) is 27.8 Å². The van der Waals surface area contributed by atoms with Crippen LogP contribution in [0.4, 0.5) is 5.69 Å². The molecule has 0 bridgehead atoms. The monoisotopic (exact) mass is 492 g/mol. The molecule has 0 aliphatic heterocycles. The third kappa shape index (κ3) is 5.52. The zero-order chi connectivity index (χ0) is 19.2. The minimum Gasteiger partial charge on any atom is -0.380 e. The molecule has 0 aliphatic rings. The number of benzene rings is 1. The summed E-state index contributed by atoms with van der Waals surface area (Å²) in [6.45, 7) is 4.92. The normalized spacial score (nSPS) is 11.2. The van der Waals surface area contributed by atoms with E-state index >= 15 is 0 Å². The van der Waals surface area contributed by atoms with Crippen LogP contribution in [0.1, 0.15) is 22.5 Å². The molecule has 3 aromatic rings. The number of nitrogens with zero attached hydrogens (tertiary/aromatic N) is 4. The highest BCUT2D eigenvalue weighted by molar-refractivity contribution is 14.0. The molecular weight excluding hydrogens is 467 g/mol. The third-order valence-electron chi connectivity index (χ3n) is 4.05. The number of hydrogen-bond acceptors (Lipinski definition) is 4. The lowest BCUT2D eigenvalue weighted by Crippen LogP contribution is -2.23. The van der Waals surface area contributed by atoms with Crippen molar-refractivity contribution in [2.75, 3.05) is 12.4 Å². The van der Waals surface area contributed by atoms with Gasteiger partial charge in [-0.3, -0.25) is 0 Å². The molecule has 3 N–H and O–H groups in total. The summed E-state index contributed by atoms with van der Waals surface area (Å²) in [4.78, 5) is 8.87. The summed E-state index contributed by atoms with van der Waals surface area (Å²) in [5.74, 6) is 1.13. The number of aryl methyl sites for hydroxylation is 2. The molecule has 2 aromatic heterocycles. The van der Waals surface area contributed by atoms with Gasteiger partial charge in [0.25, 0.3) is 0 Å². The van der Waals surface area contributed by atoms with Crippen molar-refractivity contribution in [2.45, 2.75) is 27.0 Å². The van der Waals surface area contributed by atoms with E-state index in [2.05, 4.69) is 20.4 Å². The number of guanidine groups is 1. The fourth-order valence-electron chi connectivity index (χ4n) is 2.77. The van der Waals surface area contributed by atoms with E-state index in [1.165, 1.54) is 0 Å². The van der Waals surface area contributed by atoms with Crippen LogP contribution in [0.25, 0.3) is 5.82 Å². The van der Waals surface area contributed by atoms with Gasteiger partial charge in [-0.05, 0) is 37.6 Å². The summed E-state index contributed by atoms with van der Waals surface area (Å²) in [7, 11) is 1.66. The van der Waals surface area contributed by atoms with Gasteiger partial charge >= 0.3 is 0 Å². The Hall–Kier alpha value is -2.46. The lowest BCUT2D eigenvalue weighted by Gasteiger charge is -2.11. The molecule has 0 radical (unpaired) electrons. The molecule has 1 aromatic carbocycles. The maximum Gasteiger partial charge on any atom is 0.193 e. The molecule has 0 fully saturated rings. The maximum absolute atomic E-state index is 6.03. The highest BCUT2D eigenvalue weighted by Gasteiger charge is 2.05. The van der Waals surface area contributed by atoms with Crippen LogP contribution in [0, 0.1) is 13.8 Å². The van der Waals surface area contributed by atoms with E-state index in [4.69, 9.17) is 10.5 Å². The van der Waals surface area contributed by atoms with Crippen molar-refractivity contribution < 1.29 is 4.74 Å². The SMILES string of the molecule is COCc1ccccc1NC(N)=NCc1ccc(-n2nc(C)cc2C)nc1.I. The third-order valence-corrected chi connectivity index (χ3v) is 4.05. The van der Waals surface area contributed by atoms with Crippen LogP contribution in [0.2, 0.25) is 0 Å². The summed E-state index contributed by atoms with van der Waals surface area (Å²) >= 11 is 0. The summed E-state index contributed by atoms with van der Waals surface area (Å²) in [6, 6.07) is 13.8.